The number of methoxy groups -OCH3 is 1. The van der Waals surface area contributed by atoms with Gasteiger partial charge in [0.1, 0.15) is 5.56 Å². The van der Waals surface area contributed by atoms with Crippen molar-refractivity contribution in [2.75, 3.05) is 14.2 Å². The van der Waals surface area contributed by atoms with Crippen LogP contribution in [0.25, 0.3) is 11.3 Å². The van der Waals surface area contributed by atoms with Crippen molar-refractivity contribution in [1.29, 1.82) is 0 Å². The van der Waals surface area contributed by atoms with Crippen LogP contribution in [0, 0.1) is 5.92 Å². The number of aromatic nitrogens is 1. The van der Waals surface area contributed by atoms with Crippen LogP contribution >= 0.6 is 0 Å². The molecule has 1 atom stereocenters. The molecule has 1 saturated carbocycles. The predicted molar refractivity (Wildman–Crippen MR) is 90.6 cm³/mol. The fourth-order valence-electron chi connectivity index (χ4n) is 3.72. The topological polar surface area (TPSA) is 66.8 Å². The summed E-state index contributed by atoms with van der Waals surface area (Å²) in [4.78, 5) is 33.9. The van der Waals surface area contributed by atoms with Crippen molar-refractivity contribution >= 4 is 5.97 Å². The van der Waals surface area contributed by atoms with Gasteiger partial charge < -0.3 is 9.30 Å². The normalized spacial score (nSPS) is 18.2. The zero-order chi connectivity index (χ0) is 17.6. The van der Waals surface area contributed by atoms with E-state index in [2.05, 4.69) is 15.8 Å². The Morgan fingerprint density at radius 3 is 2.64 bits per heavy atom. The van der Waals surface area contributed by atoms with Crippen LogP contribution in [-0.2, 0) is 16.2 Å². The highest BCUT2D eigenvalue weighted by Crippen LogP contribution is 2.48. The third kappa shape index (κ3) is 2.53. The van der Waals surface area contributed by atoms with Crippen molar-refractivity contribution in [3.8, 4) is 17.0 Å². The summed E-state index contributed by atoms with van der Waals surface area (Å²) in [6.45, 7) is 0. The molecular formula is C19H19NO5. The van der Waals surface area contributed by atoms with Gasteiger partial charge in [0.25, 0.3) is 0 Å². The molecule has 0 radical (unpaired) electrons. The molecule has 2 aliphatic rings. The second-order valence-corrected chi connectivity index (χ2v) is 6.46. The van der Waals surface area contributed by atoms with Crippen LogP contribution in [-0.4, -0.2) is 24.8 Å². The highest BCUT2D eigenvalue weighted by atomic mass is 17.2. The molecule has 25 heavy (non-hydrogen) atoms. The summed E-state index contributed by atoms with van der Waals surface area (Å²) in [5.74, 6) is -0.0940. The second kappa shape index (κ2) is 6.04. The Kier molecular flexibility index (Phi) is 3.84. The molecule has 2 heterocycles. The van der Waals surface area contributed by atoms with Gasteiger partial charge in [0.05, 0.1) is 19.9 Å². The average molecular weight is 341 g/mol. The van der Waals surface area contributed by atoms with E-state index in [0.29, 0.717) is 5.92 Å². The lowest BCUT2D eigenvalue weighted by molar-refractivity contribution is -0.216. The first kappa shape index (κ1) is 15.9. The van der Waals surface area contributed by atoms with Gasteiger partial charge in [0.2, 0.25) is 5.43 Å². The van der Waals surface area contributed by atoms with Crippen molar-refractivity contribution in [3.05, 3.63) is 51.8 Å². The van der Waals surface area contributed by atoms with Gasteiger partial charge in [-0.3, -0.25) is 9.68 Å². The van der Waals surface area contributed by atoms with Gasteiger partial charge in [0.15, 0.2) is 5.75 Å². The third-order valence-electron chi connectivity index (χ3n) is 5.00. The molecule has 1 aromatic carbocycles. The van der Waals surface area contributed by atoms with Crippen LogP contribution in [0.15, 0.2) is 35.3 Å². The Morgan fingerprint density at radius 2 is 1.96 bits per heavy atom. The summed E-state index contributed by atoms with van der Waals surface area (Å²) in [6.07, 6.45) is 4.77. The van der Waals surface area contributed by atoms with Crippen LogP contribution in [0.1, 0.15) is 34.8 Å². The molecule has 0 bridgehead atoms. The standard InChI is InChI=1S/C19H19NO5/c1-23-18-16-13-6-4-3-5-12(13)9-15(11-7-8-11)20(16)10-14(17(18)21)19(22)25-24-2/h3-6,10-11,15H,7-9H2,1-2H3. The third-order valence-corrected chi connectivity index (χ3v) is 5.00. The lowest BCUT2D eigenvalue weighted by atomic mass is 9.90. The number of hydrogen-bond donors (Lipinski definition) is 0. The van der Waals surface area contributed by atoms with E-state index in [0.717, 1.165) is 30.5 Å². The number of ether oxygens (including phenoxy) is 1. The molecular weight excluding hydrogens is 322 g/mol. The quantitative estimate of drug-likeness (QED) is 0.632. The molecule has 4 rings (SSSR count). The van der Waals surface area contributed by atoms with Crippen molar-refractivity contribution < 1.29 is 19.3 Å². The highest BCUT2D eigenvalue weighted by molar-refractivity contribution is 5.90. The monoisotopic (exact) mass is 341 g/mol. The number of hydrogen-bond acceptors (Lipinski definition) is 5. The Balaban J connectivity index is 1.99. The number of benzene rings is 1. The average Bonchev–Trinajstić information content (AvgIpc) is 3.45. The van der Waals surface area contributed by atoms with Gasteiger partial charge >= 0.3 is 5.97 Å². The Labute approximate surface area is 144 Å². The van der Waals surface area contributed by atoms with Gasteiger partial charge in [-0.1, -0.05) is 24.3 Å². The minimum Gasteiger partial charge on any atom is -0.491 e. The molecule has 0 spiro atoms. The molecule has 1 aliphatic carbocycles. The van der Waals surface area contributed by atoms with E-state index in [1.165, 1.54) is 19.8 Å². The van der Waals surface area contributed by atoms with Crippen LogP contribution in [0.3, 0.4) is 0 Å². The lowest BCUT2D eigenvalue weighted by Crippen LogP contribution is -2.28. The van der Waals surface area contributed by atoms with E-state index in [-0.39, 0.29) is 17.4 Å². The number of carbonyl (C=O) groups is 1. The Hall–Kier alpha value is -2.60. The summed E-state index contributed by atoms with van der Waals surface area (Å²) in [7, 11) is 2.68. The van der Waals surface area contributed by atoms with E-state index in [9.17, 15) is 9.59 Å². The molecule has 1 fully saturated rings. The van der Waals surface area contributed by atoms with E-state index >= 15 is 0 Å². The summed E-state index contributed by atoms with van der Waals surface area (Å²) in [5.41, 5.74) is 2.35. The Morgan fingerprint density at radius 1 is 1.20 bits per heavy atom. The van der Waals surface area contributed by atoms with Gasteiger partial charge in [-0.15, -0.1) is 0 Å². The molecule has 1 aliphatic heterocycles. The van der Waals surface area contributed by atoms with Gasteiger partial charge in [-0.2, -0.15) is 4.89 Å². The van der Waals surface area contributed by atoms with Crippen LogP contribution < -0.4 is 10.2 Å². The summed E-state index contributed by atoms with van der Waals surface area (Å²) in [6, 6.07) is 8.23. The molecule has 0 N–H and O–H groups in total. The maximum atomic E-state index is 12.8. The molecule has 130 valence electrons. The molecule has 1 unspecified atom stereocenters. The Bertz CT molecular complexity index is 897. The van der Waals surface area contributed by atoms with E-state index < -0.39 is 11.4 Å². The van der Waals surface area contributed by atoms with E-state index in [1.807, 2.05) is 22.8 Å². The van der Waals surface area contributed by atoms with Gasteiger partial charge in [-0.25, -0.2) is 4.79 Å². The smallest absolute Gasteiger partial charge is 0.378 e. The van der Waals surface area contributed by atoms with Crippen LogP contribution in [0.2, 0.25) is 0 Å². The fourth-order valence-corrected chi connectivity index (χ4v) is 3.72. The molecule has 2 aromatic rings. The largest absolute Gasteiger partial charge is 0.491 e. The lowest BCUT2D eigenvalue weighted by Gasteiger charge is -2.32. The number of pyridine rings is 1. The second-order valence-electron chi connectivity index (χ2n) is 6.46. The summed E-state index contributed by atoms with van der Waals surface area (Å²) in [5, 5.41) is 0. The van der Waals surface area contributed by atoms with E-state index in [1.54, 1.807) is 6.20 Å². The highest BCUT2D eigenvalue weighted by Gasteiger charge is 2.38. The minimum absolute atomic E-state index is 0.0764. The SMILES string of the molecule is COOC(=O)c1cn2c(c(OC)c1=O)-c1ccccc1CC2C1CC1. The predicted octanol–water partition coefficient (Wildman–Crippen LogP) is 2.75. The first-order chi connectivity index (χ1) is 12.2. The van der Waals surface area contributed by atoms with Gasteiger partial charge in [-0.05, 0) is 30.7 Å². The van der Waals surface area contributed by atoms with Crippen molar-refractivity contribution in [1.82, 2.24) is 4.57 Å². The van der Waals surface area contributed by atoms with E-state index in [4.69, 9.17) is 4.74 Å². The molecule has 0 amide bonds. The van der Waals surface area contributed by atoms with Crippen molar-refractivity contribution in [3.63, 3.8) is 0 Å². The maximum absolute atomic E-state index is 12.8. The summed E-state index contributed by atoms with van der Waals surface area (Å²) >= 11 is 0. The molecule has 0 saturated heterocycles. The number of carbonyl (C=O) groups excluding carboxylic acids is 1. The van der Waals surface area contributed by atoms with Crippen LogP contribution in [0.4, 0.5) is 0 Å². The number of nitrogens with zero attached hydrogens (tertiary/aromatic N) is 1. The first-order valence-electron chi connectivity index (χ1n) is 8.32. The van der Waals surface area contributed by atoms with Crippen LogP contribution in [0.5, 0.6) is 5.75 Å². The number of rotatable bonds is 4. The zero-order valence-corrected chi connectivity index (χ0v) is 14.2. The molecule has 1 aromatic heterocycles. The van der Waals surface area contributed by atoms with Crippen molar-refractivity contribution in [2.45, 2.75) is 25.3 Å². The number of fused-ring (bicyclic) bond motifs is 3. The zero-order valence-electron chi connectivity index (χ0n) is 14.2. The fraction of sp³-hybridized carbons (Fsp3) is 0.368. The molecule has 6 heteroatoms. The minimum atomic E-state index is -0.811. The first-order valence-corrected chi connectivity index (χ1v) is 8.32. The summed E-state index contributed by atoms with van der Waals surface area (Å²) < 4.78 is 7.46. The maximum Gasteiger partial charge on any atom is 0.378 e. The molecule has 6 nitrogen and oxygen atoms in total. The van der Waals surface area contributed by atoms with Crippen molar-refractivity contribution in [2.24, 2.45) is 5.92 Å². The van der Waals surface area contributed by atoms with Gasteiger partial charge in [0, 0.05) is 17.8 Å².